The van der Waals surface area contributed by atoms with Crippen molar-refractivity contribution in [2.45, 2.75) is 25.4 Å². The average Bonchev–Trinajstić information content (AvgIpc) is 3.19. The van der Waals surface area contributed by atoms with E-state index in [4.69, 9.17) is 5.26 Å². The summed E-state index contributed by atoms with van der Waals surface area (Å²) in [5.41, 5.74) is 2.17. The van der Waals surface area contributed by atoms with Crippen LogP contribution in [0.2, 0.25) is 0 Å². The molecule has 7 nitrogen and oxygen atoms in total. The van der Waals surface area contributed by atoms with Gasteiger partial charge in [-0.2, -0.15) is 9.36 Å². The lowest BCUT2D eigenvalue weighted by Gasteiger charge is -2.11. The van der Waals surface area contributed by atoms with Crippen molar-refractivity contribution >= 4 is 0 Å². The Morgan fingerprint density at radius 3 is 2.79 bits per heavy atom. The second-order valence-electron chi connectivity index (χ2n) is 4.69. The van der Waals surface area contributed by atoms with Gasteiger partial charge in [-0.05, 0) is 40.8 Å². The first-order valence-corrected chi connectivity index (χ1v) is 6.10. The summed E-state index contributed by atoms with van der Waals surface area (Å²) in [6.45, 7) is 0.0328. The van der Waals surface area contributed by atoms with E-state index in [9.17, 15) is 4.79 Å². The van der Waals surface area contributed by atoms with E-state index in [1.165, 1.54) is 4.68 Å². The molecule has 0 amide bonds. The van der Waals surface area contributed by atoms with Crippen molar-refractivity contribution in [1.29, 1.82) is 0 Å². The Balaban J connectivity index is 2.17. The molecule has 0 spiro atoms. The minimum Gasteiger partial charge on any atom is -0.251 e. The first-order chi connectivity index (χ1) is 9.22. The molecule has 1 aromatic heterocycles. The molecule has 0 unspecified atom stereocenters. The molecule has 3 rings (SSSR count). The number of aromatic nitrogens is 4. The third-order valence-electron chi connectivity index (χ3n) is 3.36. The summed E-state index contributed by atoms with van der Waals surface area (Å²) in [6.07, 6.45) is 2.24. The third-order valence-corrected chi connectivity index (χ3v) is 3.36. The van der Waals surface area contributed by atoms with Gasteiger partial charge in [0.25, 0.3) is 0 Å². The van der Waals surface area contributed by atoms with Crippen LogP contribution in [0.5, 0.6) is 0 Å². The highest BCUT2D eigenvalue weighted by molar-refractivity contribution is 5.47. The van der Waals surface area contributed by atoms with Gasteiger partial charge in [-0.15, -0.1) is 0 Å². The SMILES string of the molecule is Cn1nnn(-c2cccc(C3CC3)c2COO)c1=O. The largest absolute Gasteiger partial charge is 0.368 e. The molecule has 1 saturated carbocycles. The summed E-state index contributed by atoms with van der Waals surface area (Å²) in [5.74, 6) is 0.484. The maximum absolute atomic E-state index is 11.9. The van der Waals surface area contributed by atoms with Crippen molar-refractivity contribution in [2.75, 3.05) is 0 Å². The van der Waals surface area contributed by atoms with Crippen LogP contribution in [0.3, 0.4) is 0 Å². The standard InChI is InChI=1S/C12H14N4O3/c1-15-12(17)16(14-13-15)11-4-2-3-9(8-5-6-8)10(11)7-19-18/h2-4,8,18H,5-7H2,1H3. The van der Waals surface area contributed by atoms with Gasteiger partial charge in [0.15, 0.2) is 0 Å². The molecule has 100 valence electrons. The van der Waals surface area contributed by atoms with Gasteiger partial charge in [0.2, 0.25) is 0 Å². The van der Waals surface area contributed by atoms with E-state index in [2.05, 4.69) is 15.3 Å². The van der Waals surface area contributed by atoms with Gasteiger partial charge < -0.3 is 0 Å². The van der Waals surface area contributed by atoms with E-state index in [1.807, 2.05) is 12.1 Å². The lowest BCUT2D eigenvalue weighted by Crippen LogP contribution is -2.23. The summed E-state index contributed by atoms with van der Waals surface area (Å²) < 4.78 is 2.38. The molecule has 0 radical (unpaired) electrons. The van der Waals surface area contributed by atoms with Gasteiger partial charge in [0.05, 0.1) is 5.69 Å². The summed E-state index contributed by atoms with van der Waals surface area (Å²) >= 11 is 0. The Hall–Kier alpha value is -1.99. The van der Waals surface area contributed by atoms with E-state index in [0.29, 0.717) is 11.6 Å². The second kappa shape index (κ2) is 4.60. The lowest BCUT2D eigenvalue weighted by atomic mass is 10.0. The average molecular weight is 262 g/mol. The van der Waals surface area contributed by atoms with Crippen molar-refractivity contribution in [3.05, 3.63) is 39.8 Å². The number of nitrogens with zero attached hydrogens (tertiary/aromatic N) is 4. The zero-order valence-electron chi connectivity index (χ0n) is 10.5. The number of tetrazole rings is 1. The van der Waals surface area contributed by atoms with Crippen molar-refractivity contribution < 1.29 is 10.1 Å². The zero-order valence-corrected chi connectivity index (χ0v) is 10.5. The molecule has 1 fully saturated rings. The number of rotatable bonds is 4. The van der Waals surface area contributed by atoms with Crippen LogP contribution >= 0.6 is 0 Å². The zero-order chi connectivity index (χ0) is 13.4. The monoisotopic (exact) mass is 262 g/mol. The number of aryl methyl sites for hydroxylation is 1. The van der Waals surface area contributed by atoms with Crippen molar-refractivity contribution in [1.82, 2.24) is 19.8 Å². The Bertz CT molecular complexity index is 657. The lowest BCUT2D eigenvalue weighted by molar-refractivity contribution is -0.253. The summed E-state index contributed by atoms with van der Waals surface area (Å²) in [5, 5.41) is 16.3. The molecule has 1 aromatic carbocycles. The predicted molar refractivity (Wildman–Crippen MR) is 66.0 cm³/mol. The number of hydrogen-bond acceptors (Lipinski definition) is 5. The highest BCUT2D eigenvalue weighted by Crippen LogP contribution is 2.42. The molecule has 0 atom stereocenters. The number of hydrogen-bond donors (Lipinski definition) is 1. The number of benzene rings is 1. The normalized spacial score (nSPS) is 14.8. The van der Waals surface area contributed by atoms with Crippen molar-refractivity contribution in [3.63, 3.8) is 0 Å². The molecule has 0 aliphatic heterocycles. The minimum atomic E-state index is -0.327. The molecular formula is C12H14N4O3. The van der Waals surface area contributed by atoms with E-state index in [0.717, 1.165) is 28.7 Å². The summed E-state index contributed by atoms with van der Waals surface area (Å²) in [6, 6.07) is 5.65. The Morgan fingerprint density at radius 1 is 1.42 bits per heavy atom. The first kappa shape index (κ1) is 12.1. The second-order valence-corrected chi connectivity index (χ2v) is 4.69. The quantitative estimate of drug-likeness (QED) is 0.652. The van der Waals surface area contributed by atoms with Crippen LogP contribution in [0.1, 0.15) is 29.9 Å². The van der Waals surface area contributed by atoms with Crippen LogP contribution in [-0.2, 0) is 18.5 Å². The van der Waals surface area contributed by atoms with E-state index in [-0.39, 0.29) is 12.3 Å². The fourth-order valence-corrected chi connectivity index (χ4v) is 2.25. The molecule has 7 heteroatoms. The van der Waals surface area contributed by atoms with Crippen LogP contribution in [0.4, 0.5) is 0 Å². The minimum absolute atomic E-state index is 0.0328. The third kappa shape index (κ3) is 2.06. The predicted octanol–water partition coefficient (Wildman–Crippen LogP) is 0.833. The molecule has 1 aliphatic carbocycles. The Labute approximate surface area is 108 Å². The van der Waals surface area contributed by atoms with Gasteiger partial charge in [0.1, 0.15) is 6.61 Å². The fraction of sp³-hybridized carbons (Fsp3) is 0.417. The van der Waals surface area contributed by atoms with E-state index < -0.39 is 0 Å². The first-order valence-electron chi connectivity index (χ1n) is 6.10. The Kier molecular flexibility index (Phi) is 2.92. The molecule has 1 N–H and O–H groups in total. The highest BCUT2D eigenvalue weighted by atomic mass is 17.1. The van der Waals surface area contributed by atoms with Gasteiger partial charge in [-0.1, -0.05) is 12.1 Å². The van der Waals surface area contributed by atoms with Gasteiger partial charge in [-0.3, -0.25) is 5.26 Å². The molecule has 1 aliphatic rings. The fourth-order valence-electron chi connectivity index (χ4n) is 2.25. The maximum atomic E-state index is 11.9. The van der Waals surface area contributed by atoms with Crippen LogP contribution in [-0.4, -0.2) is 25.0 Å². The van der Waals surface area contributed by atoms with Crippen LogP contribution in [0.15, 0.2) is 23.0 Å². The highest BCUT2D eigenvalue weighted by Gasteiger charge is 2.28. The van der Waals surface area contributed by atoms with Crippen molar-refractivity contribution in [2.24, 2.45) is 7.05 Å². The topological polar surface area (TPSA) is 82.2 Å². The van der Waals surface area contributed by atoms with Crippen molar-refractivity contribution in [3.8, 4) is 5.69 Å². The smallest absolute Gasteiger partial charge is 0.251 e. The summed E-state index contributed by atoms with van der Waals surface area (Å²) in [4.78, 5) is 16.2. The van der Waals surface area contributed by atoms with Crippen LogP contribution in [0.25, 0.3) is 5.69 Å². The van der Waals surface area contributed by atoms with Gasteiger partial charge in [-0.25, -0.2) is 9.68 Å². The molecule has 0 bridgehead atoms. The van der Waals surface area contributed by atoms with Crippen LogP contribution in [0, 0.1) is 0 Å². The molecular weight excluding hydrogens is 248 g/mol. The van der Waals surface area contributed by atoms with Gasteiger partial charge in [0, 0.05) is 12.6 Å². The molecule has 19 heavy (non-hydrogen) atoms. The van der Waals surface area contributed by atoms with Crippen LogP contribution < -0.4 is 5.69 Å². The Morgan fingerprint density at radius 2 is 2.21 bits per heavy atom. The molecule has 0 saturated heterocycles. The van der Waals surface area contributed by atoms with Gasteiger partial charge >= 0.3 is 5.69 Å². The summed E-state index contributed by atoms with van der Waals surface area (Å²) in [7, 11) is 1.54. The maximum Gasteiger partial charge on any atom is 0.368 e. The molecule has 2 aromatic rings. The van der Waals surface area contributed by atoms with E-state index in [1.54, 1.807) is 13.1 Å². The molecule has 1 heterocycles. The van der Waals surface area contributed by atoms with E-state index >= 15 is 0 Å².